The molecule has 5 heteroatoms. The molecule has 1 aliphatic rings. The minimum atomic E-state index is -0.315. The molecule has 5 nitrogen and oxygen atoms in total. The van der Waals surface area contributed by atoms with Gasteiger partial charge in [0.15, 0.2) is 0 Å². The summed E-state index contributed by atoms with van der Waals surface area (Å²) in [5.41, 5.74) is 0. The van der Waals surface area contributed by atoms with Crippen molar-refractivity contribution < 1.29 is 19.4 Å². The van der Waals surface area contributed by atoms with Crippen molar-refractivity contribution in [3.05, 3.63) is 0 Å². The third-order valence-electron chi connectivity index (χ3n) is 2.59. The molecule has 0 saturated heterocycles. The van der Waals surface area contributed by atoms with Gasteiger partial charge in [0.05, 0.1) is 19.3 Å². The molecule has 1 fully saturated rings. The summed E-state index contributed by atoms with van der Waals surface area (Å²) in [4.78, 5) is 10.9. The van der Waals surface area contributed by atoms with E-state index in [0.29, 0.717) is 19.1 Å². The molecule has 0 aliphatic heterocycles. The average molecular weight is 231 g/mol. The van der Waals surface area contributed by atoms with Gasteiger partial charge in [-0.2, -0.15) is 0 Å². The molecule has 1 rings (SSSR count). The molecule has 0 bridgehead atoms. The smallest absolute Gasteiger partial charge is 0.332 e. The topological polar surface area (TPSA) is 67.8 Å². The molecule has 2 N–H and O–H groups in total. The van der Waals surface area contributed by atoms with Crippen LogP contribution in [0, 0.1) is 5.92 Å². The van der Waals surface area contributed by atoms with Crippen molar-refractivity contribution in [3.8, 4) is 0 Å². The Labute approximate surface area is 96.1 Å². The van der Waals surface area contributed by atoms with Crippen molar-refractivity contribution in [3.63, 3.8) is 0 Å². The highest BCUT2D eigenvalue weighted by atomic mass is 16.6. The summed E-state index contributed by atoms with van der Waals surface area (Å²) in [6, 6.07) is 0. The molecule has 1 aliphatic carbocycles. The van der Waals surface area contributed by atoms with E-state index in [4.69, 9.17) is 14.6 Å². The SMILES string of the molecule is CCOC(=O)COCCNCC1CC(O)C1. The number of carbonyl (C=O) groups excluding carboxylic acids is 1. The van der Waals surface area contributed by atoms with E-state index in [-0.39, 0.29) is 18.7 Å². The highest BCUT2D eigenvalue weighted by Gasteiger charge is 2.26. The molecule has 0 unspecified atom stereocenters. The summed E-state index contributed by atoms with van der Waals surface area (Å²) in [5, 5.41) is 12.3. The van der Waals surface area contributed by atoms with Crippen LogP contribution in [0.15, 0.2) is 0 Å². The molecular weight excluding hydrogens is 210 g/mol. The van der Waals surface area contributed by atoms with Crippen LogP contribution in [0.25, 0.3) is 0 Å². The second kappa shape index (κ2) is 7.60. The van der Waals surface area contributed by atoms with Crippen LogP contribution in [0.1, 0.15) is 19.8 Å². The average Bonchev–Trinajstić information content (AvgIpc) is 2.20. The predicted octanol–water partition coefficient (Wildman–Crippen LogP) is -0.0734. The lowest BCUT2D eigenvalue weighted by Crippen LogP contribution is -2.37. The second-order valence-electron chi connectivity index (χ2n) is 4.05. The first-order chi connectivity index (χ1) is 7.72. The predicted molar refractivity (Wildman–Crippen MR) is 59.1 cm³/mol. The molecule has 16 heavy (non-hydrogen) atoms. The Morgan fingerprint density at radius 3 is 2.88 bits per heavy atom. The molecule has 0 heterocycles. The fraction of sp³-hybridized carbons (Fsp3) is 0.909. The Morgan fingerprint density at radius 2 is 2.25 bits per heavy atom. The summed E-state index contributed by atoms with van der Waals surface area (Å²) in [6.07, 6.45) is 1.71. The van der Waals surface area contributed by atoms with E-state index < -0.39 is 0 Å². The van der Waals surface area contributed by atoms with Crippen LogP contribution in [0.3, 0.4) is 0 Å². The number of aliphatic hydroxyl groups excluding tert-OH is 1. The summed E-state index contributed by atoms with van der Waals surface area (Å²) >= 11 is 0. The molecule has 0 spiro atoms. The number of ether oxygens (including phenoxy) is 2. The summed E-state index contributed by atoms with van der Waals surface area (Å²) in [5.74, 6) is 0.282. The molecular formula is C11H21NO4. The van der Waals surface area contributed by atoms with Gasteiger partial charge in [-0.1, -0.05) is 0 Å². The summed E-state index contributed by atoms with van der Waals surface area (Å²) < 4.78 is 9.83. The first-order valence-corrected chi connectivity index (χ1v) is 5.84. The highest BCUT2D eigenvalue weighted by molar-refractivity contribution is 5.70. The van der Waals surface area contributed by atoms with E-state index >= 15 is 0 Å². The van der Waals surface area contributed by atoms with E-state index in [9.17, 15) is 4.79 Å². The minimum Gasteiger partial charge on any atom is -0.464 e. The number of esters is 1. The van der Waals surface area contributed by atoms with Gasteiger partial charge >= 0.3 is 5.97 Å². The van der Waals surface area contributed by atoms with Gasteiger partial charge in [-0.15, -0.1) is 0 Å². The zero-order valence-corrected chi connectivity index (χ0v) is 9.78. The maximum absolute atomic E-state index is 10.9. The summed E-state index contributed by atoms with van der Waals surface area (Å²) in [6.45, 7) is 4.34. The first-order valence-electron chi connectivity index (χ1n) is 5.84. The Kier molecular flexibility index (Phi) is 6.37. The summed E-state index contributed by atoms with van der Waals surface area (Å²) in [7, 11) is 0. The molecule has 0 radical (unpaired) electrons. The fourth-order valence-electron chi connectivity index (χ4n) is 1.68. The quantitative estimate of drug-likeness (QED) is 0.452. The Balaban J connectivity index is 1.79. The van der Waals surface area contributed by atoms with Crippen LogP contribution in [0.5, 0.6) is 0 Å². The minimum absolute atomic E-state index is 0.0255. The van der Waals surface area contributed by atoms with Crippen molar-refractivity contribution >= 4 is 5.97 Å². The van der Waals surface area contributed by atoms with Gasteiger partial charge in [0.2, 0.25) is 0 Å². The molecule has 0 aromatic rings. The van der Waals surface area contributed by atoms with Gasteiger partial charge in [0.1, 0.15) is 6.61 Å². The van der Waals surface area contributed by atoms with Crippen molar-refractivity contribution in [1.82, 2.24) is 5.32 Å². The van der Waals surface area contributed by atoms with Crippen LogP contribution in [0.2, 0.25) is 0 Å². The Hall–Kier alpha value is -0.650. The van der Waals surface area contributed by atoms with E-state index in [1.165, 1.54) is 0 Å². The van der Waals surface area contributed by atoms with Gasteiger partial charge in [-0.05, 0) is 32.2 Å². The van der Waals surface area contributed by atoms with Crippen LogP contribution in [-0.2, 0) is 14.3 Å². The molecule has 0 aromatic carbocycles. The van der Waals surface area contributed by atoms with Crippen molar-refractivity contribution in [2.45, 2.75) is 25.9 Å². The van der Waals surface area contributed by atoms with Crippen LogP contribution < -0.4 is 5.32 Å². The second-order valence-corrected chi connectivity index (χ2v) is 4.05. The number of aliphatic hydroxyl groups is 1. The van der Waals surface area contributed by atoms with E-state index in [1.807, 2.05) is 0 Å². The normalized spacial score (nSPS) is 23.9. The van der Waals surface area contributed by atoms with E-state index in [0.717, 1.165) is 25.9 Å². The van der Waals surface area contributed by atoms with Crippen LogP contribution >= 0.6 is 0 Å². The Bertz CT molecular complexity index is 204. The number of hydrogen-bond donors (Lipinski definition) is 2. The highest BCUT2D eigenvalue weighted by Crippen LogP contribution is 2.25. The van der Waals surface area contributed by atoms with Crippen molar-refractivity contribution in [1.29, 1.82) is 0 Å². The molecule has 0 amide bonds. The molecule has 94 valence electrons. The molecule has 0 atom stereocenters. The number of carbonyl (C=O) groups is 1. The first kappa shape index (κ1) is 13.4. The van der Waals surface area contributed by atoms with Gasteiger partial charge in [0, 0.05) is 6.54 Å². The van der Waals surface area contributed by atoms with Gasteiger partial charge in [-0.25, -0.2) is 4.79 Å². The van der Waals surface area contributed by atoms with Crippen molar-refractivity contribution in [2.24, 2.45) is 5.92 Å². The van der Waals surface area contributed by atoms with E-state index in [2.05, 4.69) is 5.32 Å². The zero-order valence-electron chi connectivity index (χ0n) is 9.78. The maximum atomic E-state index is 10.9. The fourth-order valence-corrected chi connectivity index (χ4v) is 1.68. The number of rotatable bonds is 8. The maximum Gasteiger partial charge on any atom is 0.332 e. The molecule has 0 aromatic heterocycles. The van der Waals surface area contributed by atoms with Gasteiger partial charge in [0.25, 0.3) is 0 Å². The van der Waals surface area contributed by atoms with Crippen molar-refractivity contribution in [2.75, 3.05) is 32.9 Å². The van der Waals surface area contributed by atoms with Gasteiger partial charge < -0.3 is 19.9 Å². The monoisotopic (exact) mass is 231 g/mol. The third kappa shape index (κ3) is 5.44. The zero-order chi connectivity index (χ0) is 11.8. The van der Waals surface area contributed by atoms with E-state index in [1.54, 1.807) is 6.92 Å². The number of hydrogen-bond acceptors (Lipinski definition) is 5. The van der Waals surface area contributed by atoms with Gasteiger partial charge in [-0.3, -0.25) is 0 Å². The molecule has 1 saturated carbocycles. The van der Waals surface area contributed by atoms with Crippen LogP contribution in [0.4, 0.5) is 0 Å². The lowest BCUT2D eigenvalue weighted by molar-refractivity contribution is -0.148. The third-order valence-corrected chi connectivity index (χ3v) is 2.59. The standard InChI is InChI=1S/C11H21NO4/c1-2-16-11(14)8-15-4-3-12-7-9-5-10(13)6-9/h9-10,12-13H,2-8H2,1H3. The lowest BCUT2D eigenvalue weighted by Gasteiger charge is -2.31. The van der Waals surface area contributed by atoms with Crippen LogP contribution in [-0.4, -0.2) is 50.1 Å². The lowest BCUT2D eigenvalue weighted by atomic mass is 9.82. The Morgan fingerprint density at radius 1 is 1.50 bits per heavy atom. The number of nitrogens with one attached hydrogen (secondary N) is 1. The largest absolute Gasteiger partial charge is 0.464 e.